The van der Waals surface area contributed by atoms with Crippen LogP contribution in [-0.2, 0) is 37.0 Å². The van der Waals surface area contributed by atoms with Crippen molar-refractivity contribution in [1.82, 2.24) is 10.4 Å². The van der Waals surface area contributed by atoms with Gasteiger partial charge < -0.3 is 38.3 Å². The second-order valence-electron chi connectivity index (χ2n) is 11.5. The molecule has 1 fully saturated rings. The summed E-state index contributed by atoms with van der Waals surface area (Å²) >= 11 is 0. The number of aryl methyl sites for hydroxylation is 1. The minimum Gasteiger partial charge on any atom is -1.00 e. The van der Waals surface area contributed by atoms with Crippen LogP contribution in [0.1, 0.15) is 123 Å². The minimum atomic E-state index is -0.696. The van der Waals surface area contributed by atoms with Gasteiger partial charge in [0.15, 0.2) is 6.20 Å². The number of ether oxygens (including phenoxy) is 2. The highest BCUT2D eigenvalue weighted by atomic mass is 127. The van der Waals surface area contributed by atoms with Crippen molar-refractivity contribution in [2.45, 2.75) is 136 Å². The van der Waals surface area contributed by atoms with Gasteiger partial charge in [-0.1, -0.05) is 90.0 Å². The van der Waals surface area contributed by atoms with Crippen LogP contribution in [0, 0.1) is 5.92 Å². The number of halogens is 1. The van der Waals surface area contributed by atoms with Gasteiger partial charge in [-0.2, -0.15) is 5.48 Å². The molecule has 10 heteroatoms. The lowest BCUT2D eigenvalue weighted by atomic mass is 10.0. The van der Waals surface area contributed by atoms with Crippen molar-refractivity contribution >= 4 is 18.0 Å². The molecule has 0 aromatic carbocycles. The molecule has 0 saturated carbocycles. The summed E-state index contributed by atoms with van der Waals surface area (Å²) in [5.41, 5.74) is 3.64. The van der Waals surface area contributed by atoms with E-state index in [1.807, 2.05) is 35.9 Å². The summed E-state index contributed by atoms with van der Waals surface area (Å²) in [6.45, 7) is 7.58. The van der Waals surface area contributed by atoms with Crippen molar-refractivity contribution in [1.29, 1.82) is 0 Å². The van der Waals surface area contributed by atoms with Gasteiger partial charge in [-0.05, 0) is 25.7 Å². The Labute approximate surface area is 276 Å². The highest BCUT2D eigenvalue weighted by molar-refractivity contribution is 5.90. The maximum Gasteiger partial charge on any atom is 0.417 e. The Kier molecular flexibility index (Phi) is 22.4. The zero-order valence-corrected chi connectivity index (χ0v) is 29.0. The van der Waals surface area contributed by atoms with Gasteiger partial charge >= 0.3 is 12.1 Å². The monoisotopic (exact) mass is 717 g/mol. The average Bonchev–Trinajstić information content (AvgIpc) is 3.43. The molecule has 9 nitrogen and oxygen atoms in total. The number of pyridine rings is 1. The number of hydroxylamine groups is 1. The average molecular weight is 718 g/mol. The molecule has 0 aliphatic carbocycles. The molecule has 2 amide bonds. The number of carbonyl (C=O) groups excluding carboxylic acids is 3. The zero-order valence-electron chi connectivity index (χ0n) is 26.8. The third kappa shape index (κ3) is 17.3. The van der Waals surface area contributed by atoms with Crippen LogP contribution >= 0.6 is 0 Å². The third-order valence-electron chi connectivity index (χ3n) is 7.88. The van der Waals surface area contributed by atoms with Gasteiger partial charge in [0.2, 0.25) is 11.6 Å². The first-order chi connectivity index (χ1) is 20.4. The first kappa shape index (κ1) is 39.2. The number of imide groups is 1. The van der Waals surface area contributed by atoms with E-state index in [2.05, 4.69) is 12.4 Å². The standard InChI is InChI=1S/C33H56N3O6.HI/c1-4-6-7-8-9-10-11-12-13-14-15-16-18-21-34-42-32(38)24-29-23-31(40-26-29)27-41-33(39)36(28(3)37)25-30-20-17-19-22-35(30)5-2;/h17,19-20,22,29,31,34H,4-16,18,21,23-27H2,1-3H3;1H/q+1;/p-1. The summed E-state index contributed by atoms with van der Waals surface area (Å²) in [6.07, 6.45) is 18.7. The summed E-state index contributed by atoms with van der Waals surface area (Å²) in [4.78, 5) is 43.3. The maximum absolute atomic E-state index is 12.7. The summed E-state index contributed by atoms with van der Waals surface area (Å²) < 4.78 is 13.1. The van der Waals surface area contributed by atoms with Gasteiger partial charge in [0, 0.05) is 25.6 Å². The SMILES string of the molecule is CCCCCCCCCCCCCCCNOC(=O)CC1COC(COC(=O)N(Cc2cccc[n+]2CC)C(C)=O)C1.[I-]. The van der Waals surface area contributed by atoms with Crippen LogP contribution in [0.25, 0.3) is 0 Å². The summed E-state index contributed by atoms with van der Waals surface area (Å²) in [5.74, 6) is -0.673. The molecule has 1 aliphatic heterocycles. The van der Waals surface area contributed by atoms with Crippen molar-refractivity contribution in [3.63, 3.8) is 0 Å². The Morgan fingerprint density at radius 1 is 0.953 bits per heavy atom. The topological polar surface area (TPSA) is 98.1 Å². The van der Waals surface area contributed by atoms with Gasteiger partial charge in [0.1, 0.15) is 19.7 Å². The van der Waals surface area contributed by atoms with Crippen molar-refractivity contribution in [3.8, 4) is 0 Å². The van der Waals surface area contributed by atoms with Gasteiger partial charge in [-0.25, -0.2) is 14.3 Å². The van der Waals surface area contributed by atoms with E-state index in [0.29, 0.717) is 19.6 Å². The molecule has 2 atom stereocenters. The molecule has 1 saturated heterocycles. The van der Waals surface area contributed by atoms with Gasteiger partial charge in [0.25, 0.3) is 0 Å². The first-order valence-corrected chi connectivity index (χ1v) is 16.4. The molecule has 1 N–H and O–H groups in total. The largest absolute Gasteiger partial charge is 1.00 e. The number of amides is 2. The molecule has 1 aliphatic rings. The van der Waals surface area contributed by atoms with Crippen LogP contribution in [0.4, 0.5) is 4.79 Å². The molecular weight excluding hydrogens is 661 g/mol. The van der Waals surface area contributed by atoms with Crippen molar-refractivity contribution in [3.05, 3.63) is 30.1 Å². The van der Waals surface area contributed by atoms with Gasteiger partial charge in [0.05, 0.1) is 19.1 Å². The highest BCUT2D eigenvalue weighted by Crippen LogP contribution is 2.23. The van der Waals surface area contributed by atoms with Crippen LogP contribution in [-0.4, -0.2) is 48.7 Å². The molecule has 2 unspecified atom stereocenters. The van der Waals surface area contributed by atoms with Crippen LogP contribution in [0.3, 0.4) is 0 Å². The number of carbonyl (C=O) groups is 3. The normalized spacial score (nSPS) is 16.0. The van der Waals surface area contributed by atoms with Crippen molar-refractivity contribution in [2.24, 2.45) is 5.92 Å². The molecular formula is C33H56IN3O6. The second kappa shape index (κ2) is 24.5. The Hall–Kier alpha value is -1.79. The summed E-state index contributed by atoms with van der Waals surface area (Å²) in [6, 6.07) is 5.66. The second-order valence-corrected chi connectivity index (χ2v) is 11.5. The lowest BCUT2D eigenvalue weighted by Gasteiger charge is -2.19. The Morgan fingerprint density at radius 3 is 2.19 bits per heavy atom. The van der Waals surface area contributed by atoms with Crippen LogP contribution in [0.15, 0.2) is 24.4 Å². The minimum absolute atomic E-state index is 0. The molecule has 2 heterocycles. The number of unbranched alkanes of at least 4 members (excludes halogenated alkanes) is 12. The van der Waals surface area contributed by atoms with Crippen LogP contribution < -0.4 is 34.0 Å². The molecule has 0 radical (unpaired) electrons. The Morgan fingerprint density at radius 2 is 1.58 bits per heavy atom. The van der Waals surface area contributed by atoms with Gasteiger partial charge in [-0.15, -0.1) is 0 Å². The number of nitrogens with one attached hydrogen (secondary N) is 1. The van der Waals surface area contributed by atoms with E-state index >= 15 is 0 Å². The van der Waals surface area contributed by atoms with Gasteiger partial charge in [-0.3, -0.25) is 9.59 Å². The van der Waals surface area contributed by atoms with E-state index < -0.39 is 6.09 Å². The van der Waals surface area contributed by atoms with E-state index in [0.717, 1.165) is 30.0 Å². The molecule has 1 aromatic rings. The summed E-state index contributed by atoms with van der Waals surface area (Å²) in [7, 11) is 0. The molecule has 0 spiro atoms. The molecule has 1 aromatic heterocycles. The van der Waals surface area contributed by atoms with Crippen LogP contribution in [0.2, 0.25) is 0 Å². The maximum atomic E-state index is 12.7. The number of hydrogen-bond donors (Lipinski definition) is 1. The quantitative estimate of drug-likeness (QED) is 0.0851. The van der Waals surface area contributed by atoms with Crippen LogP contribution in [0.5, 0.6) is 0 Å². The fourth-order valence-corrected chi connectivity index (χ4v) is 5.33. The predicted octanol–water partition coefficient (Wildman–Crippen LogP) is 3.42. The number of hydrogen-bond acceptors (Lipinski definition) is 7. The number of aromatic nitrogens is 1. The third-order valence-corrected chi connectivity index (χ3v) is 7.88. The smallest absolute Gasteiger partial charge is 0.417 e. The van der Waals surface area contributed by atoms with Crippen molar-refractivity contribution < 1.29 is 57.2 Å². The van der Waals surface area contributed by atoms with E-state index in [4.69, 9.17) is 14.3 Å². The van der Waals surface area contributed by atoms with E-state index in [1.165, 1.54) is 77.6 Å². The van der Waals surface area contributed by atoms with E-state index in [9.17, 15) is 14.4 Å². The van der Waals surface area contributed by atoms with E-state index in [1.54, 1.807) is 0 Å². The lowest BCUT2D eigenvalue weighted by Crippen LogP contribution is -3.00. The Balaban J connectivity index is 0.00000924. The zero-order chi connectivity index (χ0) is 30.4. The van der Waals surface area contributed by atoms with Crippen molar-refractivity contribution in [2.75, 3.05) is 19.8 Å². The lowest BCUT2D eigenvalue weighted by molar-refractivity contribution is -0.701. The number of rotatable bonds is 22. The predicted molar refractivity (Wildman–Crippen MR) is 162 cm³/mol. The fraction of sp³-hybridized carbons (Fsp3) is 0.758. The fourth-order valence-electron chi connectivity index (χ4n) is 5.33. The molecule has 43 heavy (non-hydrogen) atoms. The summed E-state index contributed by atoms with van der Waals surface area (Å²) in [5, 5.41) is 0. The number of nitrogens with zero attached hydrogens (tertiary/aromatic N) is 2. The first-order valence-electron chi connectivity index (χ1n) is 16.4. The molecule has 246 valence electrons. The molecule has 2 rings (SSSR count). The van der Waals surface area contributed by atoms with E-state index in [-0.39, 0.29) is 67.4 Å². The Bertz CT molecular complexity index is 918. The molecule has 0 bridgehead atoms. The highest BCUT2D eigenvalue weighted by Gasteiger charge is 2.30.